The average Bonchev–Trinajstić information content (AvgIpc) is 2.67. The Bertz CT molecular complexity index is 875. The molecule has 0 unspecified atom stereocenters. The van der Waals surface area contributed by atoms with E-state index in [1.807, 2.05) is 0 Å². The Morgan fingerprint density at radius 1 is 0.931 bits per heavy atom. The topological polar surface area (TPSA) is 96.5 Å². The second-order valence-corrected chi connectivity index (χ2v) is 6.47. The number of carbonyl (C=O) groups excluding carboxylic acids is 3. The molecule has 2 aromatic rings. The van der Waals surface area contributed by atoms with Crippen LogP contribution in [-0.4, -0.2) is 30.6 Å². The van der Waals surface area contributed by atoms with Gasteiger partial charge in [-0.15, -0.1) is 0 Å². The van der Waals surface area contributed by atoms with E-state index in [0.29, 0.717) is 5.69 Å². The Morgan fingerprint density at radius 2 is 1.62 bits per heavy atom. The Labute approximate surface area is 166 Å². The van der Waals surface area contributed by atoms with Crippen LogP contribution in [0.4, 0.5) is 25.0 Å². The van der Waals surface area contributed by atoms with Crippen molar-refractivity contribution in [1.82, 2.24) is 5.32 Å². The lowest BCUT2D eigenvalue weighted by Crippen LogP contribution is -2.47. The Morgan fingerprint density at radius 3 is 2.24 bits per heavy atom. The maximum atomic E-state index is 13.2. The summed E-state index contributed by atoms with van der Waals surface area (Å²) >= 11 is 0. The van der Waals surface area contributed by atoms with E-state index >= 15 is 0 Å². The molecule has 0 bridgehead atoms. The summed E-state index contributed by atoms with van der Waals surface area (Å²) in [5, 5.41) is 7.37. The van der Waals surface area contributed by atoms with Gasteiger partial charge < -0.3 is 20.7 Å². The monoisotopic (exact) mass is 405 g/mol. The molecule has 0 saturated heterocycles. The largest absolute Gasteiger partial charge is 0.454 e. The van der Waals surface area contributed by atoms with Gasteiger partial charge in [-0.2, -0.15) is 0 Å². The summed E-state index contributed by atoms with van der Waals surface area (Å²) in [6.45, 7) is 2.76. The molecule has 3 amide bonds. The minimum absolute atomic E-state index is 0.0192. The lowest BCUT2D eigenvalue weighted by molar-refractivity contribution is -0.150. The van der Waals surface area contributed by atoms with Crippen LogP contribution in [0.15, 0.2) is 48.5 Å². The van der Waals surface area contributed by atoms with Gasteiger partial charge in [0.1, 0.15) is 6.04 Å². The van der Waals surface area contributed by atoms with Crippen LogP contribution >= 0.6 is 0 Å². The van der Waals surface area contributed by atoms with Crippen LogP contribution in [0.3, 0.4) is 0 Å². The minimum atomic E-state index is -1.12. The summed E-state index contributed by atoms with van der Waals surface area (Å²) in [5.74, 6) is -4.01. The van der Waals surface area contributed by atoms with Crippen molar-refractivity contribution in [3.05, 3.63) is 60.2 Å². The molecule has 0 radical (unpaired) electrons. The zero-order valence-electron chi connectivity index (χ0n) is 15.9. The molecular formula is C20H21F2N3O4. The highest BCUT2D eigenvalue weighted by atomic mass is 19.2. The molecule has 0 spiro atoms. The molecule has 0 aliphatic carbocycles. The van der Waals surface area contributed by atoms with Crippen molar-refractivity contribution in [1.29, 1.82) is 0 Å². The molecule has 0 saturated carbocycles. The number of urea groups is 1. The number of esters is 1. The molecule has 2 aromatic carbocycles. The van der Waals surface area contributed by atoms with Crippen molar-refractivity contribution in [2.24, 2.45) is 5.92 Å². The zero-order valence-corrected chi connectivity index (χ0v) is 15.9. The summed E-state index contributed by atoms with van der Waals surface area (Å²) < 4.78 is 31.0. The Kier molecular flexibility index (Phi) is 7.64. The fraction of sp³-hybridized carbons (Fsp3) is 0.250. The molecule has 2 rings (SSSR count). The van der Waals surface area contributed by atoms with Crippen LogP contribution in [0.2, 0.25) is 0 Å². The number of ether oxygens (including phenoxy) is 1. The molecule has 9 heteroatoms. The number of anilines is 2. The van der Waals surface area contributed by atoms with Crippen molar-refractivity contribution in [2.45, 2.75) is 19.9 Å². The van der Waals surface area contributed by atoms with Gasteiger partial charge in [-0.1, -0.05) is 32.0 Å². The highest BCUT2D eigenvalue weighted by molar-refractivity contribution is 5.95. The van der Waals surface area contributed by atoms with Crippen molar-refractivity contribution in [3.63, 3.8) is 0 Å². The van der Waals surface area contributed by atoms with Crippen LogP contribution in [0.5, 0.6) is 0 Å². The standard InChI is InChI=1S/C20H21F2N3O4/c1-12(2)18(25-20(28)24-13-6-4-3-5-7-13)19(27)29-11-17(26)23-14-8-9-15(21)16(22)10-14/h3-10,12,18H,11H2,1-2H3,(H,23,26)(H2,24,25,28)/t18-/m0/s1. The third-order valence-electron chi connectivity index (χ3n) is 3.79. The summed E-state index contributed by atoms with van der Waals surface area (Å²) in [6, 6.07) is 9.91. The number of hydrogen-bond donors (Lipinski definition) is 3. The van der Waals surface area contributed by atoms with Crippen LogP contribution in [0.1, 0.15) is 13.8 Å². The van der Waals surface area contributed by atoms with Gasteiger partial charge in [0.15, 0.2) is 18.2 Å². The number of para-hydroxylation sites is 1. The zero-order chi connectivity index (χ0) is 21.4. The van der Waals surface area contributed by atoms with Crippen LogP contribution in [-0.2, 0) is 14.3 Å². The van der Waals surface area contributed by atoms with Gasteiger partial charge in [-0.25, -0.2) is 18.4 Å². The molecule has 0 fully saturated rings. The van der Waals surface area contributed by atoms with E-state index in [4.69, 9.17) is 4.74 Å². The first-order chi connectivity index (χ1) is 13.8. The molecule has 1 atom stereocenters. The number of benzene rings is 2. The van der Waals surface area contributed by atoms with Gasteiger partial charge in [0.05, 0.1) is 0 Å². The van der Waals surface area contributed by atoms with Gasteiger partial charge in [0, 0.05) is 17.4 Å². The fourth-order valence-corrected chi connectivity index (χ4v) is 2.33. The molecule has 3 N–H and O–H groups in total. The number of halogens is 2. The number of carbonyl (C=O) groups is 3. The molecule has 7 nitrogen and oxygen atoms in total. The SMILES string of the molecule is CC(C)[C@H](NC(=O)Nc1ccccc1)C(=O)OCC(=O)Nc1ccc(F)c(F)c1. The Hall–Kier alpha value is -3.49. The second-order valence-electron chi connectivity index (χ2n) is 6.47. The maximum Gasteiger partial charge on any atom is 0.329 e. The summed E-state index contributed by atoms with van der Waals surface area (Å²) in [7, 11) is 0. The first-order valence-electron chi connectivity index (χ1n) is 8.80. The van der Waals surface area contributed by atoms with Crippen LogP contribution in [0, 0.1) is 17.6 Å². The van der Waals surface area contributed by atoms with Gasteiger partial charge in [0.25, 0.3) is 5.91 Å². The van der Waals surface area contributed by atoms with E-state index in [1.54, 1.807) is 44.2 Å². The summed E-state index contributed by atoms with van der Waals surface area (Å²) in [4.78, 5) is 36.2. The number of nitrogens with one attached hydrogen (secondary N) is 3. The lowest BCUT2D eigenvalue weighted by Gasteiger charge is -2.21. The quantitative estimate of drug-likeness (QED) is 0.616. The lowest BCUT2D eigenvalue weighted by atomic mass is 10.1. The molecular weight excluding hydrogens is 384 g/mol. The molecule has 29 heavy (non-hydrogen) atoms. The molecule has 154 valence electrons. The van der Waals surface area contributed by atoms with Gasteiger partial charge >= 0.3 is 12.0 Å². The first-order valence-corrected chi connectivity index (χ1v) is 8.80. The molecule has 0 heterocycles. The average molecular weight is 405 g/mol. The highest BCUT2D eigenvalue weighted by Crippen LogP contribution is 2.13. The smallest absolute Gasteiger partial charge is 0.329 e. The maximum absolute atomic E-state index is 13.2. The second kappa shape index (κ2) is 10.2. The van der Waals surface area contributed by atoms with Crippen molar-refractivity contribution < 1.29 is 27.9 Å². The van der Waals surface area contributed by atoms with Gasteiger partial charge in [-0.05, 0) is 30.2 Å². The van der Waals surface area contributed by atoms with E-state index in [9.17, 15) is 23.2 Å². The van der Waals surface area contributed by atoms with Crippen molar-refractivity contribution >= 4 is 29.3 Å². The van der Waals surface area contributed by atoms with E-state index in [2.05, 4.69) is 16.0 Å². The third-order valence-corrected chi connectivity index (χ3v) is 3.79. The van der Waals surface area contributed by atoms with Gasteiger partial charge in [0.2, 0.25) is 0 Å². The normalized spacial score (nSPS) is 11.5. The highest BCUT2D eigenvalue weighted by Gasteiger charge is 2.26. The van der Waals surface area contributed by atoms with Crippen molar-refractivity contribution in [2.75, 3.05) is 17.2 Å². The number of amides is 3. The predicted octanol–water partition coefficient (Wildman–Crippen LogP) is 3.29. The third kappa shape index (κ3) is 6.87. The Balaban J connectivity index is 1.87. The van der Waals surface area contributed by atoms with E-state index in [0.717, 1.165) is 12.1 Å². The van der Waals surface area contributed by atoms with E-state index in [-0.39, 0.29) is 11.6 Å². The molecule has 0 aromatic heterocycles. The summed E-state index contributed by atoms with van der Waals surface area (Å²) in [5.41, 5.74) is 0.567. The van der Waals surface area contributed by atoms with E-state index < -0.39 is 42.2 Å². The van der Waals surface area contributed by atoms with Crippen molar-refractivity contribution in [3.8, 4) is 0 Å². The molecule has 0 aliphatic rings. The number of hydrogen-bond acceptors (Lipinski definition) is 4. The van der Waals surface area contributed by atoms with Crippen LogP contribution < -0.4 is 16.0 Å². The number of rotatable bonds is 7. The van der Waals surface area contributed by atoms with Gasteiger partial charge in [-0.3, -0.25) is 4.79 Å². The van der Waals surface area contributed by atoms with Crippen LogP contribution in [0.25, 0.3) is 0 Å². The fourth-order valence-electron chi connectivity index (χ4n) is 2.33. The first kappa shape index (κ1) is 21.8. The minimum Gasteiger partial charge on any atom is -0.454 e. The summed E-state index contributed by atoms with van der Waals surface area (Å²) in [6.07, 6.45) is 0. The van der Waals surface area contributed by atoms with E-state index in [1.165, 1.54) is 6.07 Å². The molecule has 0 aliphatic heterocycles. The predicted molar refractivity (Wildman–Crippen MR) is 103 cm³/mol.